The van der Waals surface area contributed by atoms with Crippen LogP contribution in [0.5, 0.6) is 0 Å². The molecule has 5 rings (SSSR count). The van der Waals surface area contributed by atoms with E-state index in [0.29, 0.717) is 4.88 Å². The molecule has 0 radical (unpaired) electrons. The van der Waals surface area contributed by atoms with Crippen LogP contribution in [0.15, 0.2) is 52.2 Å². The molecule has 194 valence electrons. The number of hydrogen-bond donors (Lipinski definition) is 1. The van der Waals surface area contributed by atoms with Crippen molar-refractivity contribution < 1.29 is 9.90 Å². The maximum absolute atomic E-state index is 12.0. The highest BCUT2D eigenvalue weighted by Gasteiger charge is 2.41. The van der Waals surface area contributed by atoms with Crippen molar-refractivity contribution in [2.75, 3.05) is 24.5 Å². The topological polar surface area (TPSA) is 52.9 Å². The van der Waals surface area contributed by atoms with Crippen LogP contribution < -0.4 is 10.1 Å². The Morgan fingerprint density at radius 1 is 1.14 bits per heavy atom. The molecule has 6 heteroatoms. The lowest BCUT2D eigenvalue weighted by molar-refractivity contribution is 0.0701. The van der Waals surface area contributed by atoms with Crippen LogP contribution in [0.2, 0.25) is 13.1 Å². The van der Waals surface area contributed by atoms with Gasteiger partial charge in [-0.05, 0) is 90.1 Å². The first-order valence-electron chi connectivity index (χ1n) is 13.7. The Labute approximate surface area is 226 Å². The smallest absolute Gasteiger partial charge is 0.346 e. The molecule has 2 aromatic rings. The summed E-state index contributed by atoms with van der Waals surface area (Å²) >= 11 is 1.40. The number of benzene rings is 1. The number of carbonyl (C=O) groups is 1. The van der Waals surface area contributed by atoms with E-state index in [1.165, 1.54) is 69.8 Å². The van der Waals surface area contributed by atoms with Crippen molar-refractivity contribution in [1.82, 2.24) is 0 Å². The summed E-state index contributed by atoms with van der Waals surface area (Å²) in [7, 11) is -2.04. The van der Waals surface area contributed by atoms with Crippen LogP contribution in [0.1, 0.15) is 70.3 Å². The number of aryl methyl sites for hydroxylation is 1. The van der Waals surface area contributed by atoms with Crippen molar-refractivity contribution in [3.63, 3.8) is 0 Å². The molecule has 1 fully saturated rings. The van der Waals surface area contributed by atoms with E-state index < -0.39 is 14.0 Å². The molecule has 1 aliphatic carbocycles. The Balaban J connectivity index is 1.73. The van der Waals surface area contributed by atoms with Gasteiger partial charge in [0.25, 0.3) is 0 Å². The molecule has 3 aliphatic rings. The maximum Gasteiger partial charge on any atom is 0.346 e. The van der Waals surface area contributed by atoms with Crippen LogP contribution >= 0.6 is 11.3 Å². The number of aromatic carboxylic acids is 1. The van der Waals surface area contributed by atoms with E-state index in [2.05, 4.69) is 68.3 Å². The average Bonchev–Trinajstić information content (AvgIpc) is 3.51. The number of nitrogens with zero attached hydrogens (tertiary/aromatic N) is 2. The zero-order valence-corrected chi connectivity index (χ0v) is 24.6. The van der Waals surface area contributed by atoms with Crippen LogP contribution in [0.3, 0.4) is 0 Å². The molecule has 4 nitrogen and oxygen atoms in total. The number of rotatable bonds is 7. The third kappa shape index (κ3) is 4.59. The molecule has 37 heavy (non-hydrogen) atoms. The van der Waals surface area contributed by atoms with Gasteiger partial charge in [-0.1, -0.05) is 45.0 Å². The Bertz CT molecular complexity index is 1370. The zero-order chi connectivity index (χ0) is 26.3. The SMILES string of the molecule is CCCCC/N=C1/C=CC2=C(c3c(C)sc(C(=O)O)c3C)c3ccc(N4CCCC4)cc3[Si](C)(C)C2=C1. The van der Waals surface area contributed by atoms with Gasteiger partial charge in [0.05, 0.1) is 5.71 Å². The summed E-state index contributed by atoms with van der Waals surface area (Å²) in [6.07, 6.45) is 12.8. The van der Waals surface area contributed by atoms with E-state index >= 15 is 0 Å². The minimum atomic E-state index is -2.04. The molecule has 3 heterocycles. The number of thiophene rings is 1. The first-order valence-corrected chi connectivity index (χ1v) is 17.5. The van der Waals surface area contributed by atoms with E-state index in [-0.39, 0.29) is 0 Å². The lowest BCUT2D eigenvalue weighted by Gasteiger charge is -2.38. The molecule has 1 N–H and O–H groups in total. The second kappa shape index (κ2) is 10.2. The van der Waals surface area contributed by atoms with Gasteiger partial charge in [0.2, 0.25) is 0 Å². The second-order valence-electron chi connectivity index (χ2n) is 11.0. The molecule has 0 bridgehead atoms. The van der Waals surface area contributed by atoms with E-state index in [4.69, 9.17) is 4.99 Å². The summed E-state index contributed by atoms with van der Waals surface area (Å²) in [6.45, 7) is 14.3. The van der Waals surface area contributed by atoms with Crippen molar-refractivity contribution in [1.29, 1.82) is 0 Å². The summed E-state index contributed by atoms with van der Waals surface area (Å²) in [5, 5.41) is 12.7. The average molecular weight is 531 g/mol. The fourth-order valence-corrected chi connectivity index (χ4v) is 10.2. The van der Waals surface area contributed by atoms with E-state index in [9.17, 15) is 9.90 Å². The van der Waals surface area contributed by atoms with Gasteiger partial charge in [-0.15, -0.1) is 11.3 Å². The van der Waals surface area contributed by atoms with Gasteiger partial charge in [-0.2, -0.15) is 0 Å². The lowest BCUT2D eigenvalue weighted by Crippen LogP contribution is -2.49. The minimum Gasteiger partial charge on any atom is -0.477 e. The summed E-state index contributed by atoms with van der Waals surface area (Å²) in [4.78, 5) is 21.0. The van der Waals surface area contributed by atoms with Crippen LogP contribution in [0.25, 0.3) is 5.57 Å². The van der Waals surface area contributed by atoms with E-state index in [0.717, 1.165) is 47.8 Å². The zero-order valence-electron chi connectivity index (χ0n) is 22.8. The standard InChI is InChI=1S/C31H38N2O2SSi/c1-6-7-8-15-32-22-11-13-24-26(18-22)37(4,5)27-19-23(33-16-9-10-17-33)12-14-25(27)29(24)28-20(2)30(31(34)35)36-21(28)3/h11-14,18-19H,6-10,15-17H2,1-5H3,(H,34,35)/b32-22-. The molecular weight excluding hydrogens is 493 g/mol. The molecule has 0 saturated carbocycles. The number of carboxylic acid groups (broad SMARTS) is 1. The number of carboxylic acids is 1. The molecule has 0 spiro atoms. The van der Waals surface area contributed by atoms with Crippen LogP contribution in [-0.2, 0) is 0 Å². The summed E-state index contributed by atoms with van der Waals surface area (Å²) in [5.41, 5.74) is 8.09. The van der Waals surface area contributed by atoms with Gasteiger partial charge in [0.15, 0.2) is 0 Å². The van der Waals surface area contributed by atoms with Crippen LogP contribution in [0.4, 0.5) is 5.69 Å². The first kappa shape index (κ1) is 25.9. The quantitative estimate of drug-likeness (QED) is 0.308. The maximum atomic E-state index is 12.0. The lowest BCUT2D eigenvalue weighted by atomic mass is 9.87. The number of fused-ring (bicyclic) bond motifs is 2. The summed E-state index contributed by atoms with van der Waals surface area (Å²) in [6, 6.07) is 7.05. The van der Waals surface area contributed by atoms with Crippen molar-refractivity contribution >= 4 is 47.5 Å². The minimum absolute atomic E-state index is 0.446. The molecule has 1 aromatic heterocycles. The molecular formula is C31H38N2O2SSi. The number of anilines is 1. The molecule has 0 unspecified atom stereocenters. The predicted molar refractivity (Wildman–Crippen MR) is 161 cm³/mol. The second-order valence-corrected chi connectivity index (χ2v) is 16.6. The van der Waals surface area contributed by atoms with Gasteiger partial charge in [-0.25, -0.2) is 4.79 Å². The van der Waals surface area contributed by atoms with Crippen molar-refractivity contribution in [3.05, 3.63) is 73.6 Å². The van der Waals surface area contributed by atoms with Gasteiger partial charge in [0.1, 0.15) is 13.0 Å². The highest BCUT2D eigenvalue weighted by Crippen LogP contribution is 2.45. The molecule has 1 aromatic carbocycles. The van der Waals surface area contributed by atoms with Crippen molar-refractivity contribution in [2.24, 2.45) is 4.99 Å². The van der Waals surface area contributed by atoms with E-state index in [1.807, 2.05) is 6.92 Å². The Morgan fingerprint density at radius 2 is 1.89 bits per heavy atom. The summed E-state index contributed by atoms with van der Waals surface area (Å²) in [5.74, 6) is -0.839. The largest absolute Gasteiger partial charge is 0.477 e. The normalized spacial score (nSPS) is 19.3. The molecule has 2 aliphatic heterocycles. The van der Waals surface area contributed by atoms with Crippen molar-refractivity contribution in [2.45, 2.75) is 66.0 Å². The number of aliphatic imine (C=N–C) groups is 1. The third-order valence-electron chi connectivity index (χ3n) is 8.19. The highest BCUT2D eigenvalue weighted by atomic mass is 32.1. The first-order chi connectivity index (χ1) is 17.7. The fraction of sp³-hybridized carbons (Fsp3) is 0.419. The molecule has 0 amide bonds. The fourth-order valence-electron chi connectivity index (χ4n) is 6.16. The van der Waals surface area contributed by atoms with Gasteiger partial charge >= 0.3 is 5.97 Å². The van der Waals surface area contributed by atoms with E-state index in [1.54, 1.807) is 0 Å². The Morgan fingerprint density at radius 3 is 2.57 bits per heavy atom. The highest BCUT2D eigenvalue weighted by molar-refractivity contribution is 7.14. The molecule has 0 atom stereocenters. The van der Waals surface area contributed by atoms with Crippen LogP contribution in [-0.4, -0.2) is 44.5 Å². The summed E-state index contributed by atoms with van der Waals surface area (Å²) < 4.78 is 0. The van der Waals surface area contributed by atoms with Gasteiger partial charge in [0, 0.05) is 35.8 Å². The van der Waals surface area contributed by atoms with Gasteiger partial charge < -0.3 is 10.0 Å². The third-order valence-corrected chi connectivity index (χ3v) is 12.9. The predicted octanol–water partition coefficient (Wildman–Crippen LogP) is 7.06. The Hall–Kier alpha value is -2.70. The van der Waals surface area contributed by atoms with Gasteiger partial charge in [-0.3, -0.25) is 4.99 Å². The Kier molecular flexibility index (Phi) is 7.16. The number of hydrogen-bond acceptors (Lipinski definition) is 4. The monoisotopic (exact) mass is 530 g/mol. The van der Waals surface area contributed by atoms with Crippen LogP contribution in [0, 0.1) is 13.8 Å². The van der Waals surface area contributed by atoms with Crippen molar-refractivity contribution in [3.8, 4) is 0 Å². The molecule has 1 saturated heterocycles. The number of allylic oxidation sites excluding steroid dienone is 5. The number of unbranched alkanes of at least 4 members (excludes halogenated alkanes) is 2.